The maximum Gasteiger partial charge on any atom is 0.00954 e. The zero-order chi connectivity index (χ0) is 9.97. The van der Waals surface area contributed by atoms with Gasteiger partial charge in [-0.15, -0.1) is 0 Å². The molecule has 2 aliphatic carbocycles. The smallest absolute Gasteiger partial charge is 0.00954 e. The predicted molar refractivity (Wildman–Crippen MR) is 61.3 cm³/mol. The van der Waals surface area contributed by atoms with Crippen LogP contribution >= 0.6 is 0 Å². The van der Waals surface area contributed by atoms with Crippen molar-refractivity contribution in [1.82, 2.24) is 5.32 Å². The molecule has 2 fully saturated rings. The van der Waals surface area contributed by atoms with Crippen LogP contribution in [-0.4, -0.2) is 12.6 Å². The lowest BCUT2D eigenvalue weighted by atomic mass is 9.93. The Hall–Kier alpha value is -0.0400. The molecule has 0 aromatic carbocycles. The second-order valence-electron chi connectivity index (χ2n) is 5.40. The normalized spacial score (nSPS) is 37.7. The van der Waals surface area contributed by atoms with E-state index in [4.69, 9.17) is 0 Å². The van der Waals surface area contributed by atoms with Crippen molar-refractivity contribution < 1.29 is 0 Å². The van der Waals surface area contributed by atoms with E-state index in [0.717, 1.165) is 23.8 Å². The summed E-state index contributed by atoms with van der Waals surface area (Å²) < 4.78 is 0. The molecule has 3 unspecified atom stereocenters. The largest absolute Gasteiger partial charge is 0.314 e. The van der Waals surface area contributed by atoms with E-state index in [1.54, 1.807) is 0 Å². The molecule has 2 saturated carbocycles. The van der Waals surface area contributed by atoms with Crippen molar-refractivity contribution in [2.24, 2.45) is 17.8 Å². The molecule has 0 heterocycles. The lowest BCUT2D eigenvalue weighted by molar-refractivity contribution is 0.343. The molecule has 0 bridgehead atoms. The quantitative estimate of drug-likeness (QED) is 0.710. The summed E-state index contributed by atoms with van der Waals surface area (Å²) in [5.41, 5.74) is 0. The van der Waals surface area contributed by atoms with Crippen LogP contribution < -0.4 is 5.32 Å². The molecule has 0 aromatic heterocycles. The summed E-state index contributed by atoms with van der Waals surface area (Å²) >= 11 is 0. The SMILES string of the molecule is CCC1CCC(NCCC2CC2)C1C. The first kappa shape index (κ1) is 10.5. The third-order valence-electron chi connectivity index (χ3n) is 4.41. The highest BCUT2D eigenvalue weighted by Gasteiger charge is 2.31. The van der Waals surface area contributed by atoms with Gasteiger partial charge in [0.25, 0.3) is 0 Å². The van der Waals surface area contributed by atoms with Crippen LogP contribution in [0.1, 0.15) is 52.4 Å². The van der Waals surface area contributed by atoms with Crippen LogP contribution in [0.4, 0.5) is 0 Å². The molecular formula is C13H25N. The molecule has 3 atom stereocenters. The van der Waals surface area contributed by atoms with Crippen molar-refractivity contribution in [2.75, 3.05) is 6.54 Å². The topological polar surface area (TPSA) is 12.0 Å². The minimum Gasteiger partial charge on any atom is -0.314 e. The van der Waals surface area contributed by atoms with Gasteiger partial charge < -0.3 is 5.32 Å². The average molecular weight is 195 g/mol. The molecule has 0 aliphatic heterocycles. The van der Waals surface area contributed by atoms with Gasteiger partial charge in [0.2, 0.25) is 0 Å². The Balaban J connectivity index is 1.64. The van der Waals surface area contributed by atoms with Gasteiger partial charge >= 0.3 is 0 Å². The van der Waals surface area contributed by atoms with Crippen LogP contribution in [0.2, 0.25) is 0 Å². The van der Waals surface area contributed by atoms with Gasteiger partial charge in [-0.1, -0.05) is 33.1 Å². The van der Waals surface area contributed by atoms with Gasteiger partial charge in [-0.05, 0) is 43.6 Å². The average Bonchev–Trinajstić information content (AvgIpc) is 2.93. The number of hydrogen-bond donors (Lipinski definition) is 1. The molecule has 82 valence electrons. The Morgan fingerprint density at radius 1 is 1.14 bits per heavy atom. The second-order valence-corrected chi connectivity index (χ2v) is 5.40. The zero-order valence-electron chi connectivity index (χ0n) is 9.76. The molecule has 1 N–H and O–H groups in total. The van der Waals surface area contributed by atoms with Gasteiger partial charge in [0, 0.05) is 6.04 Å². The molecule has 2 aliphatic rings. The monoisotopic (exact) mass is 195 g/mol. The first-order valence-electron chi connectivity index (χ1n) is 6.54. The van der Waals surface area contributed by atoms with Gasteiger partial charge in [0.15, 0.2) is 0 Å². The van der Waals surface area contributed by atoms with Crippen LogP contribution in [0.15, 0.2) is 0 Å². The Kier molecular flexibility index (Phi) is 3.48. The van der Waals surface area contributed by atoms with Crippen molar-refractivity contribution in [3.8, 4) is 0 Å². The highest BCUT2D eigenvalue weighted by atomic mass is 14.9. The Morgan fingerprint density at radius 3 is 2.50 bits per heavy atom. The molecule has 14 heavy (non-hydrogen) atoms. The molecule has 1 heteroatoms. The van der Waals surface area contributed by atoms with Crippen LogP contribution in [0.25, 0.3) is 0 Å². The first-order chi connectivity index (χ1) is 6.81. The van der Waals surface area contributed by atoms with Crippen molar-refractivity contribution in [2.45, 2.75) is 58.4 Å². The number of nitrogens with one attached hydrogen (secondary N) is 1. The summed E-state index contributed by atoms with van der Waals surface area (Å²) in [4.78, 5) is 0. The van der Waals surface area contributed by atoms with Crippen LogP contribution in [0.5, 0.6) is 0 Å². The second kappa shape index (κ2) is 4.65. The summed E-state index contributed by atoms with van der Waals surface area (Å²) in [5.74, 6) is 2.99. The van der Waals surface area contributed by atoms with Gasteiger partial charge in [0.05, 0.1) is 0 Å². The third kappa shape index (κ3) is 2.50. The minimum absolute atomic E-state index is 0.832. The molecule has 0 radical (unpaired) electrons. The lowest BCUT2D eigenvalue weighted by Gasteiger charge is -2.20. The van der Waals surface area contributed by atoms with E-state index in [2.05, 4.69) is 19.2 Å². The van der Waals surface area contributed by atoms with Crippen molar-refractivity contribution >= 4 is 0 Å². The molecular weight excluding hydrogens is 170 g/mol. The van der Waals surface area contributed by atoms with E-state index in [-0.39, 0.29) is 0 Å². The van der Waals surface area contributed by atoms with E-state index in [9.17, 15) is 0 Å². The predicted octanol–water partition coefficient (Wildman–Crippen LogP) is 3.20. The van der Waals surface area contributed by atoms with Crippen molar-refractivity contribution in [3.05, 3.63) is 0 Å². The van der Waals surface area contributed by atoms with E-state index >= 15 is 0 Å². The van der Waals surface area contributed by atoms with Gasteiger partial charge in [-0.25, -0.2) is 0 Å². The molecule has 0 saturated heterocycles. The lowest BCUT2D eigenvalue weighted by Crippen LogP contribution is -2.33. The Bertz CT molecular complexity index is 174. The molecule has 0 aromatic rings. The van der Waals surface area contributed by atoms with Crippen LogP contribution in [0, 0.1) is 17.8 Å². The summed E-state index contributed by atoms with van der Waals surface area (Å²) in [5, 5.41) is 3.77. The minimum atomic E-state index is 0.832. The Labute approximate surface area is 88.7 Å². The van der Waals surface area contributed by atoms with Gasteiger partial charge in [-0.3, -0.25) is 0 Å². The standard InChI is InChI=1S/C13H25N/c1-3-12-6-7-13(10(12)2)14-9-8-11-4-5-11/h10-14H,3-9H2,1-2H3. The number of rotatable bonds is 5. The fraction of sp³-hybridized carbons (Fsp3) is 1.00. The fourth-order valence-corrected chi connectivity index (χ4v) is 2.99. The third-order valence-corrected chi connectivity index (χ3v) is 4.41. The van der Waals surface area contributed by atoms with Gasteiger partial charge in [0.1, 0.15) is 0 Å². The molecule has 2 rings (SSSR count). The summed E-state index contributed by atoms with van der Waals surface area (Å²) in [6.07, 6.45) is 8.68. The first-order valence-corrected chi connectivity index (χ1v) is 6.54. The van der Waals surface area contributed by atoms with Gasteiger partial charge in [-0.2, -0.15) is 0 Å². The Morgan fingerprint density at radius 2 is 1.93 bits per heavy atom. The van der Waals surface area contributed by atoms with E-state index in [0.29, 0.717) is 0 Å². The van der Waals surface area contributed by atoms with Crippen LogP contribution in [0.3, 0.4) is 0 Å². The van der Waals surface area contributed by atoms with E-state index in [1.807, 2.05) is 0 Å². The highest BCUT2D eigenvalue weighted by molar-refractivity contribution is 4.86. The molecule has 0 spiro atoms. The summed E-state index contributed by atoms with van der Waals surface area (Å²) in [6, 6.07) is 0.832. The van der Waals surface area contributed by atoms with Crippen molar-refractivity contribution in [3.63, 3.8) is 0 Å². The van der Waals surface area contributed by atoms with E-state index < -0.39 is 0 Å². The van der Waals surface area contributed by atoms with Crippen molar-refractivity contribution in [1.29, 1.82) is 0 Å². The van der Waals surface area contributed by atoms with Crippen LogP contribution in [-0.2, 0) is 0 Å². The maximum atomic E-state index is 3.77. The maximum absolute atomic E-state index is 3.77. The van der Waals surface area contributed by atoms with E-state index in [1.165, 1.54) is 45.1 Å². The fourth-order valence-electron chi connectivity index (χ4n) is 2.99. The highest BCUT2D eigenvalue weighted by Crippen LogP contribution is 2.35. The summed E-state index contributed by atoms with van der Waals surface area (Å²) in [6.45, 7) is 6.06. The molecule has 0 amide bonds. The number of hydrogen-bond acceptors (Lipinski definition) is 1. The summed E-state index contributed by atoms with van der Waals surface area (Å²) in [7, 11) is 0. The molecule has 1 nitrogen and oxygen atoms in total. The zero-order valence-corrected chi connectivity index (χ0v) is 9.76.